The third-order valence-corrected chi connectivity index (χ3v) is 6.95. The van der Waals surface area contributed by atoms with Crippen LogP contribution in [0, 0.1) is 0 Å². The van der Waals surface area contributed by atoms with Crippen LogP contribution in [-0.4, -0.2) is 46.0 Å². The largest absolute Gasteiger partial charge is 0.353 e. The van der Waals surface area contributed by atoms with Crippen molar-refractivity contribution in [1.82, 2.24) is 20.4 Å². The molecule has 190 valence electrons. The van der Waals surface area contributed by atoms with E-state index in [1.807, 2.05) is 47.4 Å². The first-order valence-electron chi connectivity index (χ1n) is 13.0. The van der Waals surface area contributed by atoms with Crippen molar-refractivity contribution in [3.63, 3.8) is 0 Å². The maximum Gasteiger partial charge on any atom is 0.230 e. The molecule has 2 aromatic carbocycles. The van der Waals surface area contributed by atoms with Gasteiger partial charge >= 0.3 is 0 Å². The van der Waals surface area contributed by atoms with Gasteiger partial charge in [-0.3, -0.25) is 9.59 Å². The highest BCUT2D eigenvalue weighted by atomic mass is 16.5. The molecule has 36 heavy (non-hydrogen) atoms. The van der Waals surface area contributed by atoms with Gasteiger partial charge in [-0.05, 0) is 36.3 Å². The van der Waals surface area contributed by atoms with Gasteiger partial charge in [-0.1, -0.05) is 80.5 Å². The molecule has 1 unspecified atom stereocenters. The van der Waals surface area contributed by atoms with E-state index in [9.17, 15) is 9.59 Å². The van der Waals surface area contributed by atoms with Gasteiger partial charge < -0.3 is 14.7 Å². The first-order valence-corrected chi connectivity index (χ1v) is 13.0. The van der Waals surface area contributed by atoms with E-state index in [0.29, 0.717) is 43.6 Å². The molecule has 7 heteroatoms. The van der Waals surface area contributed by atoms with Crippen molar-refractivity contribution in [2.75, 3.05) is 13.1 Å². The Balaban J connectivity index is 1.22. The molecule has 7 nitrogen and oxygen atoms in total. The molecule has 0 radical (unpaired) electrons. The van der Waals surface area contributed by atoms with E-state index in [4.69, 9.17) is 4.52 Å². The second kappa shape index (κ2) is 12.0. The van der Waals surface area contributed by atoms with E-state index in [0.717, 1.165) is 30.4 Å². The normalized spacial score (nSPS) is 15.2. The number of nitrogens with zero attached hydrogens (tertiary/aromatic N) is 3. The maximum absolute atomic E-state index is 13.1. The monoisotopic (exact) mass is 488 g/mol. The topological polar surface area (TPSA) is 88.3 Å². The first-order chi connectivity index (χ1) is 17.4. The molecule has 1 aliphatic heterocycles. The van der Waals surface area contributed by atoms with E-state index in [1.165, 1.54) is 5.56 Å². The SMILES string of the molecule is CCC(C(=O)N1CCC(NC(=O)CCc2nc(-c3ccc(C(C)C)cc3)no2)CC1)c1ccccc1. The Bertz CT molecular complexity index is 1130. The quantitative estimate of drug-likeness (QED) is 0.453. The van der Waals surface area contributed by atoms with Crippen LogP contribution < -0.4 is 5.32 Å². The van der Waals surface area contributed by atoms with E-state index in [2.05, 4.69) is 48.4 Å². The maximum atomic E-state index is 13.1. The van der Waals surface area contributed by atoms with Crippen LogP contribution in [0.25, 0.3) is 11.4 Å². The van der Waals surface area contributed by atoms with Crippen molar-refractivity contribution in [1.29, 1.82) is 0 Å². The minimum atomic E-state index is -0.107. The van der Waals surface area contributed by atoms with Crippen LogP contribution in [-0.2, 0) is 16.0 Å². The van der Waals surface area contributed by atoms with Gasteiger partial charge in [0, 0.05) is 37.5 Å². The number of aryl methyl sites for hydroxylation is 1. The summed E-state index contributed by atoms with van der Waals surface area (Å²) in [5.74, 6) is 1.51. The van der Waals surface area contributed by atoms with Crippen molar-refractivity contribution in [2.45, 2.75) is 70.8 Å². The first kappa shape index (κ1) is 25.6. The summed E-state index contributed by atoms with van der Waals surface area (Å²) >= 11 is 0. The molecule has 2 amide bonds. The Labute approximate surface area is 213 Å². The summed E-state index contributed by atoms with van der Waals surface area (Å²) in [6, 6.07) is 18.2. The molecule has 1 aliphatic rings. The average Bonchev–Trinajstić information content (AvgIpc) is 3.38. The third-order valence-electron chi connectivity index (χ3n) is 6.95. The third kappa shape index (κ3) is 6.39. The smallest absolute Gasteiger partial charge is 0.230 e. The number of rotatable bonds is 9. The van der Waals surface area contributed by atoms with Gasteiger partial charge in [0.2, 0.25) is 23.5 Å². The van der Waals surface area contributed by atoms with Gasteiger partial charge in [-0.15, -0.1) is 0 Å². The number of carbonyl (C=O) groups excluding carboxylic acids is 2. The molecule has 2 heterocycles. The van der Waals surface area contributed by atoms with Crippen LogP contribution in [0.4, 0.5) is 0 Å². The second-order valence-electron chi connectivity index (χ2n) is 9.83. The lowest BCUT2D eigenvalue weighted by atomic mass is 9.93. The lowest BCUT2D eigenvalue weighted by molar-refractivity contribution is -0.134. The molecular formula is C29H36N4O3. The lowest BCUT2D eigenvalue weighted by Crippen LogP contribution is -2.47. The molecule has 4 rings (SSSR count). The molecule has 1 N–H and O–H groups in total. The summed E-state index contributed by atoms with van der Waals surface area (Å²) in [7, 11) is 0. The molecule has 1 fully saturated rings. The zero-order valence-electron chi connectivity index (χ0n) is 21.4. The number of likely N-dealkylation sites (tertiary alicyclic amines) is 1. The second-order valence-corrected chi connectivity index (χ2v) is 9.83. The number of amides is 2. The van der Waals surface area contributed by atoms with Crippen LogP contribution in [0.5, 0.6) is 0 Å². The number of benzene rings is 2. The van der Waals surface area contributed by atoms with Crippen LogP contribution in [0.1, 0.15) is 75.3 Å². The summed E-state index contributed by atoms with van der Waals surface area (Å²) in [6.45, 7) is 7.69. The van der Waals surface area contributed by atoms with Gasteiger partial charge in [-0.25, -0.2) is 0 Å². The van der Waals surface area contributed by atoms with Crippen molar-refractivity contribution in [3.8, 4) is 11.4 Å². The Hall–Kier alpha value is -3.48. The highest BCUT2D eigenvalue weighted by molar-refractivity contribution is 5.84. The summed E-state index contributed by atoms with van der Waals surface area (Å²) in [4.78, 5) is 32.0. The Morgan fingerprint density at radius 2 is 1.72 bits per heavy atom. The highest BCUT2D eigenvalue weighted by Crippen LogP contribution is 2.24. The minimum Gasteiger partial charge on any atom is -0.353 e. The van der Waals surface area contributed by atoms with Crippen molar-refractivity contribution >= 4 is 11.8 Å². The van der Waals surface area contributed by atoms with Crippen LogP contribution in [0.2, 0.25) is 0 Å². The van der Waals surface area contributed by atoms with Gasteiger partial charge in [0.1, 0.15) is 0 Å². The number of hydrogen-bond donors (Lipinski definition) is 1. The average molecular weight is 489 g/mol. The Morgan fingerprint density at radius 1 is 1.03 bits per heavy atom. The molecule has 0 saturated carbocycles. The summed E-state index contributed by atoms with van der Waals surface area (Å²) in [5.41, 5.74) is 3.23. The van der Waals surface area contributed by atoms with Gasteiger partial charge in [-0.2, -0.15) is 4.98 Å². The van der Waals surface area contributed by atoms with Crippen molar-refractivity contribution in [3.05, 3.63) is 71.6 Å². The number of hydrogen-bond acceptors (Lipinski definition) is 5. The zero-order chi connectivity index (χ0) is 25.5. The van der Waals surface area contributed by atoms with Gasteiger partial charge in [0.15, 0.2) is 0 Å². The summed E-state index contributed by atoms with van der Waals surface area (Å²) in [6.07, 6.45) is 2.99. The van der Waals surface area contributed by atoms with E-state index in [1.54, 1.807) is 0 Å². The highest BCUT2D eigenvalue weighted by Gasteiger charge is 2.28. The molecule has 0 bridgehead atoms. The van der Waals surface area contributed by atoms with Gasteiger partial charge in [0.05, 0.1) is 5.92 Å². The van der Waals surface area contributed by atoms with Crippen LogP contribution >= 0.6 is 0 Å². The lowest BCUT2D eigenvalue weighted by Gasteiger charge is -2.34. The van der Waals surface area contributed by atoms with E-state index < -0.39 is 0 Å². The molecule has 1 aromatic heterocycles. The summed E-state index contributed by atoms with van der Waals surface area (Å²) in [5, 5.41) is 7.18. The fourth-order valence-electron chi connectivity index (χ4n) is 4.71. The Morgan fingerprint density at radius 3 is 2.36 bits per heavy atom. The molecule has 0 aliphatic carbocycles. The predicted octanol–water partition coefficient (Wildman–Crippen LogP) is 5.09. The molecule has 0 spiro atoms. The van der Waals surface area contributed by atoms with Crippen molar-refractivity contribution in [2.24, 2.45) is 0 Å². The molecular weight excluding hydrogens is 452 g/mol. The number of carbonyl (C=O) groups is 2. The summed E-state index contributed by atoms with van der Waals surface area (Å²) < 4.78 is 5.36. The number of nitrogens with one attached hydrogen (secondary N) is 1. The predicted molar refractivity (Wildman–Crippen MR) is 139 cm³/mol. The molecule has 3 aromatic rings. The Kier molecular flexibility index (Phi) is 8.52. The van der Waals surface area contributed by atoms with Crippen LogP contribution in [0.15, 0.2) is 59.1 Å². The molecule has 1 atom stereocenters. The van der Waals surface area contributed by atoms with Crippen LogP contribution in [0.3, 0.4) is 0 Å². The number of piperidine rings is 1. The van der Waals surface area contributed by atoms with E-state index >= 15 is 0 Å². The zero-order valence-corrected chi connectivity index (χ0v) is 21.4. The fourth-order valence-corrected chi connectivity index (χ4v) is 4.71. The van der Waals surface area contributed by atoms with Crippen molar-refractivity contribution < 1.29 is 14.1 Å². The molecule has 1 saturated heterocycles. The van der Waals surface area contributed by atoms with E-state index in [-0.39, 0.29) is 23.8 Å². The fraction of sp³-hybridized carbons (Fsp3) is 0.448. The minimum absolute atomic E-state index is 0.0310. The number of aromatic nitrogens is 2. The van der Waals surface area contributed by atoms with Gasteiger partial charge in [0.25, 0.3) is 0 Å². The standard InChI is InChI=1S/C29H36N4O3/c1-4-25(22-8-6-5-7-9-22)29(35)33-18-16-24(17-19-33)30-26(34)14-15-27-31-28(32-36-27)23-12-10-21(11-13-23)20(2)3/h5-13,20,24-25H,4,14-19H2,1-3H3,(H,30,34).